The van der Waals surface area contributed by atoms with Crippen LogP contribution in [-0.2, 0) is 17.8 Å². The van der Waals surface area contributed by atoms with Crippen molar-refractivity contribution in [2.75, 3.05) is 13.7 Å². The Kier molecular flexibility index (Phi) is 5.45. The molecule has 1 unspecified atom stereocenters. The third kappa shape index (κ3) is 3.81. The molecular weight excluding hydrogens is 356 g/mol. The summed E-state index contributed by atoms with van der Waals surface area (Å²) in [6.45, 7) is 2.11. The molecule has 3 aromatic rings. The monoisotopic (exact) mass is 382 g/mol. The van der Waals surface area contributed by atoms with E-state index in [1.807, 2.05) is 47.4 Å². The normalized spacial score (nSPS) is 22.0. The van der Waals surface area contributed by atoms with Crippen LogP contribution in [0, 0.1) is 5.92 Å². The quantitative estimate of drug-likeness (QED) is 0.655. The Morgan fingerprint density at radius 3 is 2.96 bits per heavy atom. The molecule has 28 heavy (non-hydrogen) atoms. The molecule has 0 spiro atoms. The molecule has 0 radical (unpaired) electrons. The van der Waals surface area contributed by atoms with Gasteiger partial charge in [0, 0.05) is 55.3 Å². The topological polar surface area (TPSA) is 81.3 Å². The summed E-state index contributed by atoms with van der Waals surface area (Å²) in [5.74, 6) is 0.157. The molecule has 7 nitrogen and oxygen atoms in total. The molecule has 2 N–H and O–H groups in total. The van der Waals surface area contributed by atoms with E-state index in [2.05, 4.69) is 15.0 Å². The van der Waals surface area contributed by atoms with Gasteiger partial charge in [-0.05, 0) is 43.0 Å². The van der Waals surface area contributed by atoms with Crippen LogP contribution in [0.4, 0.5) is 0 Å². The van der Waals surface area contributed by atoms with Gasteiger partial charge in [0.25, 0.3) is 5.91 Å². The third-order valence-electron chi connectivity index (χ3n) is 5.54. The van der Waals surface area contributed by atoms with E-state index < -0.39 is 6.10 Å². The van der Waals surface area contributed by atoms with E-state index in [9.17, 15) is 9.90 Å². The lowest BCUT2D eigenvalue weighted by Gasteiger charge is -2.17. The molecular formula is C21H26N4O3. The Balaban J connectivity index is 1.45. The first-order chi connectivity index (χ1) is 13.7. The molecule has 1 aliphatic carbocycles. The van der Waals surface area contributed by atoms with Crippen molar-refractivity contribution in [1.29, 1.82) is 0 Å². The number of nitrogens with zero attached hydrogens (tertiary/aromatic N) is 3. The van der Waals surface area contributed by atoms with E-state index in [0.29, 0.717) is 24.5 Å². The number of carbonyl (C=O) groups is 1. The van der Waals surface area contributed by atoms with Crippen molar-refractivity contribution in [2.45, 2.75) is 38.1 Å². The van der Waals surface area contributed by atoms with E-state index in [0.717, 1.165) is 30.4 Å². The van der Waals surface area contributed by atoms with E-state index in [1.54, 1.807) is 13.3 Å². The van der Waals surface area contributed by atoms with Crippen molar-refractivity contribution in [2.24, 2.45) is 5.92 Å². The minimum Gasteiger partial charge on any atom is -0.391 e. The lowest BCUT2D eigenvalue weighted by Crippen LogP contribution is -2.40. The van der Waals surface area contributed by atoms with Crippen LogP contribution in [0.1, 0.15) is 23.2 Å². The number of hydrogen-bond acceptors (Lipinski definition) is 4. The summed E-state index contributed by atoms with van der Waals surface area (Å²) < 4.78 is 9.12. The zero-order valence-corrected chi connectivity index (χ0v) is 16.0. The van der Waals surface area contributed by atoms with E-state index in [4.69, 9.17) is 4.74 Å². The lowest BCUT2D eigenvalue weighted by atomic mass is 10.1. The number of rotatable bonds is 7. The van der Waals surface area contributed by atoms with Gasteiger partial charge in [0.15, 0.2) is 0 Å². The van der Waals surface area contributed by atoms with Gasteiger partial charge in [0.2, 0.25) is 0 Å². The van der Waals surface area contributed by atoms with Crippen molar-refractivity contribution in [1.82, 2.24) is 19.7 Å². The number of carbonyl (C=O) groups excluding carboxylic acids is 1. The summed E-state index contributed by atoms with van der Waals surface area (Å²) in [6.07, 6.45) is 6.54. The summed E-state index contributed by atoms with van der Waals surface area (Å²) in [7, 11) is 1.68. The minimum absolute atomic E-state index is 0.140. The van der Waals surface area contributed by atoms with Gasteiger partial charge in [-0.15, -0.1) is 0 Å². The molecule has 7 heteroatoms. The highest BCUT2D eigenvalue weighted by Gasteiger charge is 2.34. The first kappa shape index (κ1) is 18.7. The van der Waals surface area contributed by atoms with Crippen LogP contribution in [0.25, 0.3) is 10.9 Å². The number of nitrogens with one attached hydrogen (secondary N) is 1. The average Bonchev–Trinajstić information content (AvgIpc) is 3.41. The standard InChI is InChI=1S/C21H26N4O3/c1-28-11-10-24-9-6-16-17(4-2-5-19(16)24)21(27)23-18-12-15(13-20(18)26)14-25-8-3-7-22-25/h2-9,15,18,20,26H,10-14H2,1H3,(H,23,27)/t15?,18-,20-/m1/s1. The molecule has 0 aliphatic heterocycles. The Bertz CT molecular complexity index is 934. The van der Waals surface area contributed by atoms with Crippen molar-refractivity contribution >= 4 is 16.8 Å². The van der Waals surface area contributed by atoms with Crippen molar-refractivity contribution in [3.8, 4) is 0 Å². The molecule has 1 aliphatic rings. The number of fused-ring (bicyclic) bond motifs is 1. The first-order valence-corrected chi connectivity index (χ1v) is 9.69. The number of hydrogen-bond donors (Lipinski definition) is 2. The molecule has 0 saturated heterocycles. The van der Waals surface area contributed by atoms with E-state index in [-0.39, 0.29) is 11.9 Å². The molecule has 1 fully saturated rings. The second-order valence-corrected chi connectivity index (χ2v) is 7.45. The predicted molar refractivity (Wildman–Crippen MR) is 106 cm³/mol. The molecule has 148 valence electrons. The first-order valence-electron chi connectivity index (χ1n) is 9.69. The smallest absolute Gasteiger partial charge is 0.252 e. The van der Waals surface area contributed by atoms with Gasteiger partial charge in [-0.3, -0.25) is 9.48 Å². The zero-order valence-electron chi connectivity index (χ0n) is 16.0. The SMILES string of the molecule is COCCn1ccc2c(C(=O)N[C@@H]3CC(Cn4cccn4)C[C@H]3O)cccc21. The predicted octanol–water partition coefficient (Wildman–Crippen LogP) is 2.05. The van der Waals surface area contributed by atoms with Crippen LogP contribution in [0.5, 0.6) is 0 Å². The summed E-state index contributed by atoms with van der Waals surface area (Å²) in [5.41, 5.74) is 1.64. The largest absolute Gasteiger partial charge is 0.391 e. The van der Waals surface area contributed by atoms with Gasteiger partial charge >= 0.3 is 0 Å². The number of methoxy groups -OCH3 is 1. The zero-order chi connectivity index (χ0) is 19.5. The van der Waals surface area contributed by atoms with Crippen LogP contribution >= 0.6 is 0 Å². The highest BCUT2D eigenvalue weighted by Crippen LogP contribution is 2.28. The molecule has 1 saturated carbocycles. The Hall–Kier alpha value is -2.64. The van der Waals surface area contributed by atoms with E-state index in [1.165, 1.54) is 0 Å². The van der Waals surface area contributed by atoms with Crippen LogP contribution in [0.3, 0.4) is 0 Å². The van der Waals surface area contributed by atoms with Crippen molar-refractivity contribution in [3.05, 3.63) is 54.5 Å². The second-order valence-electron chi connectivity index (χ2n) is 7.45. The summed E-state index contributed by atoms with van der Waals surface area (Å²) in [6, 6.07) is 9.36. The van der Waals surface area contributed by atoms with Gasteiger partial charge in [0.1, 0.15) is 0 Å². The fourth-order valence-corrected chi connectivity index (χ4v) is 4.15. The fraction of sp³-hybridized carbons (Fsp3) is 0.429. The lowest BCUT2D eigenvalue weighted by molar-refractivity contribution is 0.0874. The van der Waals surface area contributed by atoms with Gasteiger partial charge in [-0.25, -0.2) is 0 Å². The minimum atomic E-state index is -0.532. The molecule has 1 aromatic carbocycles. The number of aliphatic hydroxyl groups is 1. The second kappa shape index (κ2) is 8.16. The average molecular weight is 382 g/mol. The highest BCUT2D eigenvalue weighted by molar-refractivity contribution is 6.06. The Morgan fingerprint density at radius 2 is 2.18 bits per heavy atom. The van der Waals surface area contributed by atoms with Gasteiger partial charge in [-0.1, -0.05) is 6.07 Å². The van der Waals surface area contributed by atoms with Gasteiger partial charge in [-0.2, -0.15) is 5.10 Å². The number of benzene rings is 1. The fourth-order valence-electron chi connectivity index (χ4n) is 4.15. The molecule has 0 bridgehead atoms. The molecule has 3 atom stereocenters. The van der Waals surface area contributed by atoms with Crippen molar-refractivity contribution < 1.29 is 14.6 Å². The molecule has 1 amide bonds. The number of aromatic nitrogens is 3. The number of ether oxygens (including phenoxy) is 1. The van der Waals surface area contributed by atoms with Gasteiger partial charge < -0.3 is 19.7 Å². The molecule has 2 aromatic heterocycles. The molecule has 2 heterocycles. The third-order valence-corrected chi connectivity index (χ3v) is 5.54. The van der Waals surface area contributed by atoms with E-state index >= 15 is 0 Å². The number of aliphatic hydroxyl groups excluding tert-OH is 1. The highest BCUT2D eigenvalue weighted by atomic mass is 16.5. The summed E-state index contributed by atoms with van der Waals surface area (Å²) >= 11 is 0. The van der Waals surface area contributed by atoms with Crippen LogP contribution in [0.2, 0.25) is 0 Å². The number of amides is 1. The maximum atomic E-state index is 12.9. The Morgan fingerprint density at radius 1 is 1.29 bits per heavy atom. The Labute approximate surface area is 163 Å². The van der Waals surface area contributed by atoms with Crippen LogP contribution in [-0.4, -0.2) is 51.2 Å². The van der Waals surface area contributed by atoms with Crippen molar-refractivity contribution in [3.63, 3.8) is 0 Å². The van der Waals surface area contributed by atoms with Gasteiger partial charge in [0.05, 0.1) is 18.8 Å². The molecule has 4 rings (SSSR count). The van der Waals surface area contributed by atoms with Crippen LogP contribution in [0.15, 0.2) is 48.9 Å². The van der Waals surface area contributed by atoms with Crippen LogP contribution < -0.4 is 5.32 Å². The summed E-state index contributed by atoms with van der Waals surface area (Å²) in [5, 5.41) is 18.6. The summed E-state index contributed by atoms with van der Waals surface area (Å²) in [4.78, 5) is 12.9. The maximum absolute atomic E-state index is 12.9. The maximum Gasteiger partial charge on any atom is 0.252 e.